The molecule has 10 heteroatoms. The molecule has 1 aliphatic rings. The molecule has 0 saturated carbocycles. The average Bonchev–Trinajstić information content (AvgIpc) is 3.21. The third kappa shape index (κ3) is 4.66. The van der Waals surface area contributed by atoms with Crippen LogP contribution in [0.25, 0.3) is 0 Å². The number of hydrogen-bond donors (Lipinski definition) is 1. The molecule has 0 bridgehead atoms. The fraction of sp³-hybridized carbons (Fsp3) is 0.100. The largest absolute Gasteiger partial charge is 0.488 e. The van der Waals surface area contributed by atoms with Crippen LogP contribution in [0, 0.1) is 10.1 Å². The minimum absolute atomic E-state index is 0.0789. The number of ether oxygens (including phenoxy) is 3. The quantitative estimate of drug-likeness (QED) is 0.307. The molecule has 1 N–H and O–H groups in total. The number of nitrogens with one attached hydrogen (secondary N) is 1. The van der Waals surface area contributed by atoms with E-state index in [-0.39, 0.29) is 12.5 Å². The van der Waals surface area contributed by atoms with Crippen LogP contribution in [0.3, 0.4) is 0 Å². The van der Waals surface area contributed by atoms with Gasteiger partial charge < -0.3 is 14.2 Å². The number of halogens is 1. The maximum absolute atomic E-state index is 10.6. The maximum atomic E-state index is 10.6. The minimum atomic E-state index is -0.506. The zero-order valence-corrected chi connectivity index (χ0v) is 17.0. The molecule has 3 aromatic rings. The third-order valence-corrected chi connectivity index (χ3v) is 4.76. The van der Waals surface area contributed by atoms with Crippen molar-refractivity contribution < 1.29 is 19.1 Å². The van der Waals surface area contributed by atoms with Crippen LogP contribution < -0.4 is 19.6 Å². The molecule has 0 fully saturated rings. The van der Waals surface area contributed by atoms with E-state index < -0.39 is 4.92 Å². The van der Waals surface area contributed by atoms with Gasteiger partial charge in [-0.15, -0.1) is 0 Å². The lowest BCUT2D eigenvalue weighted by atomic mass is 10.2. The fourth-order valence-corrected chi connectivity index (χ4v) is 3.15. The Kier molecular flexibility index (Phi) is 5.75. The molecule has 0 aliphatic carbocycles. The first-order valence-electron chi connectivity index (χ1n) is 8.79. The van der Waals surface area contributed by atoms with Gasteiger partial charge >= 0.3 is 0 Å². The third-order valence-electron chi connectivity index (χ3n) is 4.14. The summed E-state index contributed by atoms with van der Waals surface area (Å²) in [4.78, 5) is 14.1. The highest BCUT2D eigenvalue weighted by Crippen LogP contribution is 2.33. The van der Waals surface area contributed by atoms with Crippen LogP contribution in [-0.2, 0) is 6.61 Å². The van der Waals surface area contributed by atoms with Crippen LogP contribution in [0.15, 0.2) is 64.3 Å². The van der Waals surface area contributed by atoms with E-state index in [1.165, 1.54) is 18.3 Å². The molecule has 30 heavy (non-hydrogen) atoms. The van der Waals surface area contributed by atoms with E-state index in [1.807, 2.05) is 36.4 Å². The molecule has 2 aromatic carbocycles. The van der Waals surface area contributed by atoms with E-state index in [0.29, 0.717) is 18.2 Å². The lowest BCUT2D eigenvalue weighted by Gasteiger charge is -2.09. The van der Waals surface area contributed by atoms with Crippen LogP contribution in [0.5, 0.6) is 17.2 Å². The highest BCUT2D eigenvalue weighted by molar-refractivity contribution is 9.10. The van der Waals surface area contributed by atoms with Gasteiger partial charge in [-0.1, -0.05) is 6.07 Å². The standard InChI is InChI=1S/C20H15BrN4O5/c21-16-7-13(9-23-24-20-6-3-15(10-22-20)25(26)27)1-4-17(16)28-11-14-2-5-18-19(8-14)30-12-29-18/h1-10H,11-12H2,(H,22,24)/b23-9+. The first kappa shape index (κ1) is 19.6. The SMILES string of the molecule is O=[N+]([O-])c1ccc(N/N=C/c2ccc(OCc3ccc4c(c3)OCO4)c(Br)c2)nc1. The van der Waals surface area contributed by atoms with E-state index in [1.54, 1.807) is 6.21 Å². The van der Waals surface area contributed by atoms with Gasteiger partial charge in [-0.3, -0.25) is 15.5 Å². The van der Waals surface area contributed by atoms with Crippen LogP contribution >= 0.6 is 15.9 Å². The van der Waals surface area contributed by atoms with Crippen molar-refractivity contribution in [3.05, 3.63) is 80.4 Å². The molecule has 0 radical (unpaired) electrons. The van der Waals surface area contributed by atoms with E-state index in [9.17, 15) is 10.1 Å². The predicted molar refractivity (Wildman–Crippen MR) is 113 cm³/mol. The number of nitro groups is 1. The maximum Gasteiger partial charge on any atom is 0.287 e. The zero-order valence-electron chi connectivity index (χ0n) is 15.4. The van der Waals surface area contributed by atoms with Crippen molar-refractivity contribution in [3.8, 4) is 17.2 Å². The Hall–Kier alpha value is -3.66. The Morgan fingerprint density at radius 1 is 1.20 bits per heavy atom. The van der Waals surface area contributed by atoms with Gasteiger partial charge in [-0.2, -0.15) is 5.10 Å². The van der Waals surface area contributed by atoms with E-state index in [0.717, 1.165) is 27.1 Å². The van der Waals surface area contributed by atoms with Crippen LogP contribution in [0.4, 0.5) is 11.5 Å². The van der Waals surface area contributed by atoms with E-state index in [4.69, 9.17) is 14.2 Å². The van der Waals surface area contributed by atoms with Gasteiger partial charge in [-0.05, 0) is 63.5 Å². The molecule has 1 aromatic heterocycles. The summed E-state index contributed by atoms with van der Waals surface area (Å²) < 4.78 is 17.3. The summed E-state index contributed by atoms with van der Waals surface area (Å²) >= 11 is 3.50. The van der Waals surface area contributed by atoms with Gasteiger partial charge in [0.1, 0.15) is 24.4 Å². The number of nitrogens with zero attached hydrogens (tertiary/aromatic N) is 3. The Morgan fingerprint density at radius 2 is 2.07 bits per heavy atom. The predicted octanol–water partition coefficient (Wildman–Crippen LogP) is 4.51. The second-order valence-corrected chi connectivity index (χ2v) is 7.05. The minimum Gasteiger partial charge on any atom is -0.488 e. The summed E-state index contributed by atoms with van der Waals surface area (Å²) in [5.41, 5.74) is 4.44. The molecule has 0 unspecified atom stereocenters. The smallest absolute Gasteiger partial charge is 0.287 e. The number of anilines is 1. The second-order valence-electron chi connectivity index (χ2n) is 6.19. The second kappa shape index (κ2) is 8.78. The fourth-order valence-electron chi connectivity index (χ4n) is 2.64. The van der Waals surface area contributed by atoms with Gasteiger partial charge in [0, 0.05) is 6.07 Å². The summed E-state index contributed by atoms with van der Waals surface area (Å²) in [5.74, 6) is 2.55. The molecule has 1 aliphatic heterocycles. The lowest BCUT2D eigenvalue weighted by molar-refractivity contribution is -0.385. The Bertz CT molecular complexity index is 1100. The van der Waals surface area contributed by atoms with Gasteiger partial charge in [-0.25, -0.2) is 4.98 Å². The van der Waals surface area contributed by atoms with Gasteiger partial charge in [0.25, 0.3) is 5.69 Å². The van der Waals surface area contributed by atoms with Gasteiger partial charge in [0.15, 0.2) is 11.5 Å². The molecule has 2 heterocycles. The molecule has 0 saturated heterocycles. The number of fused-ring (bicyclic) bond motifs is 1. The van der Waals surface area contributed by atoms with E-state index in [2.05, 4.69) is 31.4 Å². The lowest BCUT2D eigenvalue weighted by Crippen LogP contribution is -1.97. The molecule has 4 rings (SSSR count). The Morgan fingerprint density at radius 3 is 2.83 bits per heavy atom. The number of hydrazone groups is 1. The van der Waals surface area contributed by atoms with Crippen LogP contribution in [-0.4, -0.2) is 22.9 Å². The number of hydrogen-bond acceptors (Lipinski definition) is 8. The van der Waals surface area contributed by atoms with Crippen molar-refractivity contribution in [2.75, 3.05) is 12.2 Å². The van der Waals surface area contributed by atoms with Crippen LogP contribution in [0.2, 0.25) is 0 Å². The number of rotatable bonds is 7. The molecule has 0 amide bonds. The molecular weight excluding hydrogens is 456 g/mol. The van der Waals surface area contributed by atoms with Crippen molar-refractivity contribution in [1.82, 2.24) is 4.98 Å². The Balaban J connectivity index is 1.34. The zero-order chi connectivity index (χ0) is 20.9. The normalized spacial score (nSPS) is 12.2. The number of benzene rings is 2. The topological polar surface area (TPSA) is 108 Å². The van der Waals surface area contributed by atoms with Gasteiger partial charge in [0.05, 0.1) is 15.6 Å². The van der Waals surface area contributed by atoms with Gasteiger partial charge in [0.2, 0.25) is 6.79 Å². The first-order chi connectivity index (χ1) is 14.6. The van der Waals surface area contributed by atoms with Crippen LogP contribution in [0.1, 0.15) is 11.1 Å². The average molecular weight is 471 g/mol. The molecular formula is C20H15BrN4O5. The highest BCUT2D eigenvalue weighted by atomic mass is 79.9. The van der Waals surface area contributed by atoms with Crippen molar-refractivity contribution in [2.24, 2.45) is 5.10 Å². The summed E-state index contributed by atoms with van der Waals surface area (Å²) in [6.45, 7) is 0.624. The van der Waals surface area contributed by atoms with Crippen molar-refractivity contribution in [2.45, 2.75) is 6.61 Å². The number of pyridine rings is 1. The molecule has 0 spiro atoms. The summed E-state index contributed by atoms with van der Waals surface area (Å²) in [6.07, 6.45) is 2.77. The summed E-state index contributed by atoms with van der Waals surface area (Å²) in [7, 11) is 0. The Labute approximate surface area is 179 Å². The number of aromatic nitrogens is 1. The highest BCUT2D eigenvalue weighted by Gasteiger charge is 2.13. The van der Waals surface area contributed by atoms with Crippen molar-refractivity contribution in [3.63, 3.8) is 0 Å². The monoisotopic (exact) mass is 470 g/mol. The summed E-state index contributed by atoms with van der Waals surface area (Å²) in [5, 5.41) is 14.7. The molecule has 0 atom stereocenters. The first-order valence-corrected chi connectivity index (χ1v) is 9.58. The van der Waals surface area contributed by atoms with Crippen molar-refractivity contribution in [1.29, 1.82) is 0 Å². The molecule has 9 nitrogen and oxygen atoms in total. The molecule has 152 valence electrons. The van der Waals surface area contributed by atoms with E-state index >= 15 is 0 Å². The van der Waals surface area contributed by atoms with Crippen molar-refractivity contribution >= 4 is 33.6 Å². The summed E-state index contributed by atoms with van der Waals surface area (Å²) in [6, 6.07) is 14.1.